The Balaban J connectivity index is -0.000000808. The van der Waals surface area contributed by atoms with Crippen molar-refractivity contribution >= 4 is 45.7 Å². The van der Waals surface area contributed by atoms with Gasteiger partial charge in [-0.2, -0.15) is 43.9 Å². The van der Waals surface area contributed by atoms with Crippen molar-refractivity contribution in [3.63, 3.8) is 0 Å². The summed E-state index contributed by atoms with van der Waals surface area (Å²) in [5.41, 5.74) is 7.99. The Morgan fingerprint density at radius 3 is 0.963 bits per heavy atom. The summed E-state index contributed by atoms with van der Waals surface area (Å²) in [4.78, 5) is 43.0. The number of aromatic amines is 1. The van der Waals surface area contributed by atoms with Crippen LogP contribution >= 0.6 is 45.7 Å². The molecular formula is C51H85N21O4S4. The second-order valence-corrected chi connectivity index (χ2v) is 18.6. The minimum atomic E-state index is 0.623. The Kier molecular flexibility index (Phi) is 46.6. The summed E-state index contributed by atoms with van der Waals surface area (Å²) < 4.78 is 28.4. The molecule has 11 aromatic heterocycles. The smallest absolute Gasteiger partial charge is 0.223 e. The molecule has 0 saturated heterocycles. The molecule has 0 unspecified atom stereocenters. The molecule has 0 atom stereocenters. The second-order valence-electron chi connectivity index (χ2n) is 14.6. The van der Waals surface area contributed by atoms with Crippen LogP contribution in [0.2, 0.25) is 0 Å². The Morgan fingerprint density at radius 1 is 0.463 bits per heavy atom. The predicted molar refractivity (Wildman–Crippen MR) is 319 cm³/mol. The summed E-state index contributed by atoms with van der Waals surface area (Å²) in [6, 6.07) is 0. The van der Waals surface area contributed by atoms with Crippen LogP contribution in [0.4, 0.5) is 0 Å². The van der Waals surface area contributed by atoms with Gasteiger partial charge in [-0.05, 0) is 127 Å². The van der Waals surface area contributed by atoms with E-state index in [9.17, 15) is 0 Å². The van der Waals surface area contributed by atoms with E-state index >= 15 is 0 Å². The Labute approximate surface area is 488 Å². The molecule has 25 nitrogen and oxygen atoms in total. The van der Waals surface area contributed by atoms with Gasteiger partial charge in [-0.1, -0.05) is 51.9 Å². The normalized spacial score (nSPS) is 8.81. The van der Waals surface area contributed by atoms with Crippen LogP contribution < -0.4 is 0 Å². The van der Waals surface area contributed by atoms with Crippen molar-refractivity contribution in [1.82, 2.24) is 104 Å². The average molecular weight is 1180 g/mol. The molecule has 0 fully saturated rings. The third-order valence-electron chi connectivity index (χ3n) is 8.06. The van der Waals surface area contributed by atoms with Crippen molar-refractivity contribution in [3.05, 3.63) is 150 Å². The lowest BCUT2D eigenvalue weighted by Gasteiger charge is -1.77. The van der Waals surface area contributed by atoms with E-state index in [1.54, 1.807) is 80.8 Å². The number of thiazole rings is 2. The molecule has 80 heavy (non-hydrogen) atoms. The monoisotopic (exact) mass is 1180 g/mol. The minimum Gasteiger partial charge on any atom is -0.449 e. The van der Waals surface area contributed by atoms with Gasteiger partial charge in [-0.15, -0.1) is 22.7 Å². The molecule has 11 rings (SSSR count). The van der Waals surface area contributed by atoms with E-state index in [4.69, 9.17) is 8.83 Å². The average Bonchev–Trinajstić information content (AvgIpc) is 4.25. The van der Waals surface area contributed by atoms with Gasteiger partial charge in [0.05, 0.1) is 46.2 Å². The van der Waals surface area contributed by atoms with Crippen LogP contribution in [0.3, 0.4) is 0 Å². The van der Waals surface area contributed by atoms with Crippen LogP contribution in [-0.2, 0) is 14.1 Å². The van der Waals surface area contributed by atoms with Crippen molar-refractivity contribution in [1.29, 1.82) is 0 Å². The molecule has 0 radical (unpaired) electrons. The highest BCUT2D eigenvalue weighted by Gasteiger charge is 1.94. The summed E-state index contributed by atoms with van der Waals surface area (Å²) >= 11 is 6.27. The highest BCUT2D eigenvalue weighted by Crippen LogP contribution is 2.09. The van der Waals surface area contributed by atoms with Crippen molar-refractivity contribution in [3.8, 4) is 0 Å². The van der Waals surface area contributed by atoms with Crippen LogP contribution in [0, 0.1) is 118 Å². The van der Waals surface area contributed by atoms with Crippen LogP contribution in [0.5, 0.6) is 0 Å². The highest BCUT2D eigenvalue weighted by molar-refractivity contribution is 7.10. The van der Waals surface area contributed by atoms with Crippen LogP contribution in [-0.4, -0.2) is 104 Å². The lowest BCUT2D eigenvalue weighted by atomic mass is 10.4. The molecule has 11 aromatic rings. The van der Waals surface area contributed by atoms with Gasteiger partial charge >= 0.3 is 0 Å². The van der Waals surface area contributed by atoms with E-state index in [1.165, 1.54) is 63.1 Å². The van der Waals surface area contributed by atoms with Crippen LogP contribution in [0.25, 0.3) is 0 Å². The summed E-state index contributed by atoms with van der Waals surface area (Å²) in [7, 11) is 3.60. The zero-order valence-corrected chi connectivity index (χ0v) is 54.7. The minimum absolute atomic E-state index is 0.623. The Morgan fingerprint density at radius 2 is 0.875 bits per heavy atom. The maximum atomic E-state index is 4.85. The molecule has 442 valence electrons. The first-order valence-electron chi connectivity index (χ1n) is 25.0. The number of hydrogen-bond donors (Lipinski definition) is 1. The molecule has 0 bridgehead atoms. The number of aromatic nitrogens is 21. The fraction of sp³-hybridized carbons (Fsp3) is 0.490. The second kappa shape index (κ2) is 48.6. The predicted octanol–water partition coefficient (Wildman–Crippen LogP) is 12.6. The molecule has 0 spiro atoms. The number of hydrogen-bond acceptors (Lipinski definition) is 26. The molecule has 0 aliphatic carbocycles. The van der Waals surface area contributed by atoms with E-state index in [-0.39, 0.29) is 0 Å². The van der Waals surface area contributed by atoms with Gasteiger partial charge in [0.25, 0.3) is 0 Å². The lowest BCUT2D eigenvalue weighted by molar-refractivity contribution is 0.389. The summed E-state index contributed by atoms with van der Waals surface area (Å²) in [5, 5.41) is 26.5. The highest BCUT2D eigenvalue weighted by atomic mass is 32.1. The van der Waals surface area contributed by atoms with Crippen molar-refractivity contribution < 1.29 is 17.9 Å². The largest absolute Gasteiger partial charge is 0.449 e. The van der Waals surface area contributed by atoms with E-state index in [2.05, 4.69) is 117 Å². The van der Waals surface area contributed by atoms with Gasteiger partial charge in [0.15, 0.2) is 24.4 Å². The van der Waals surface area contributed by atoms with E-state index < -0.39 is 0 Å². The summed E-state index contributed by atoms with van der Waals surface area (Å²) in [6.45, 7) is 44.4. The number of rotatable bonds is 0. The number of oxazole rings is 2. The van der Waals surface area contributed by atoms with Crippen molar-refractivity contribution in [2.45, 2.75) is 159 Å². The SMILES string of the molecule is CC.CC.CC.Cc1ncn[nH]1.Cc1ncoc1C.Cc1ncoc1C.Cc1ncsc1C.Cc1ncsc1C.Cc1noc(C)n1.Cc1noc(C)n1.Cc1nsc(C)n1.Cc1nsc(C)n1.Cn1cncn1.Cn1nccn1. The molecule has 29 heteroatoms. The third-order valence-corrected chi connectivity index (χ3v) is 11.2. The standard InChI is InChI=1S/2C5H7NO.2C5H7NS.2C4H6N2O.2C4H6N2S.3C3H5N3.3C2H6/c4*1-4-5(2)7-3-6-4;4*1-3-5-4(2)7-6-3;1-6-3-4-2-5-6;1-6-4-2-3-5-6;1-3-4-2-5-6-3;3*1-2/h4*3H,1-2H3;4*1-2H3;2*2-3H,1H3;2H,1H3,(H,4,5,6);3*1-2H3. The number of nitrogens with one attached hydrogen (secondary N) is 1. The maximum Gasteiger partial charge on any atom is 0.223 e. The van der Waals surface area contributed by atoms with E-state index in [1.807, 2.05) is 136 Å². The molecule has 0 aliphatic rings. The molecule has 0 amide bonds. The van der Waals surface area contributed by atoms with Gasteiger partial charge in [0.2, 0.25) is 11.8 Å². The van der Waals surface area contributed by atoms with Crippen molar-refractivity contribution in [2.24, 2.45) is 14.1 Å². The summed E-state index contributed by atoms with van der Waals surface area (Å²) in [5.74, 6) is 7.05. The molecular weight excluding hydrogens is 1100 g/mol. The molecule has 0 aromatic carbocycles. The Bertz CT molecular complexity index is 2490. The first-order chi connectivity index (χ1) is 38.1. The maximum absolute atomic E-state index is 4.85. The summed E-state index contributed by atoms with van der Waals surface area (Å²) in [6.07, 6.45) is 10.8. The van der Waals surface area contributed by atoms with Crippen molar-refractivity contribution in [2.75, 3.05) is 0 Å². The number of H-pyrrole nitrogens is 1. The molecule has 0 saturated carbocycles. The first kappa shape index (κ1) is 76.7. The number of aryl methyl sites for hydroxylation is 19. The topological polar surface area (TPSA) is 310 Å². The van der Waals surface area contributed by atoms with Gasteiger partial charge in [0.1, 0.15) is 58.0 Å². The fourth-order valence-corrected chi connectivity index (χ4v) is 6.00. The zero-order valence-electron chi connectivity index (χ0n) is 51.4. The Hall–Kier alpha value is -7.50. The van der Waals surface area contributed by atoms with E-state index in [0.717, 1.165) is 61.8 Å². The van der Waals surface area contributed by atoms with Gasteiger partial charge in [-0.25, -0.2) is 39.9 Å². The van der Waals surface area contributed by atoms with Crippen LogP contribution in [0.1, 0.15) is 137 Å². The first-order valence-corrected chi connectivity index (χ1v) is 28.3. The quantitative estimate of drug-likeness (QED) is 0.147. The van der Waals surface area contributed by atoms with Gasteiger partial charge in [0, 0.05) is 37.7 Å². The fourth-order valence-electron chi connectivity index (χ4n) is 3.86. The molecule has 1 N–H and O–H groups in total. The molecule has 11 heterocycles. The van der Waals surface area contributed by atoms with E-state index in [0.29, 0.717) is 23.4 Å². The molecule has 0 aliphatic heterocycles. The third kappa shape index (κ3) is 42.5. The van der Waals surface area contributed by atoms with Gasteiger partial charge < -0.3 is 17.9 Å². The lowest BCUT2D eigenvalue weighted by Crippen LogP contribution is -1.89. The van der Waals surface area contributed by atoms with Gasteiger partial charge in [-0.3, -0.25) is 9.78 Å². The van der Waals surface area contributed by atoms with Crippen LogP contribution in [0.15, 0.2) is 73.1 Å². The zero-order chi connectivity index (χ0) is 61.4. The number of nitrogens with zero attached hydrogens (tertiary/aromatic N) is 20.